The number of rotatable bonds is 7. The lowest BCUT2D eigenvalue weighted by molar-refractivity contribution is -0.113. The van der Waals surface area contributed by atoms with Gasteiger partial charge in [-0.2, -0.15) is 0 Å². The van der Waals surface area contributed by atoms with E-state index < -0.39 is 0 Å². The normalized spacial score (nSPS) is 10.6. The first-order valence-electron chi connectivity index (χ1n) is 7.00. The summed E-state index contributed by atoms with van der Waals surface area (Å²) in [4.78, 5) is 11.9. The van der Waals surface area contributed by atoms with Crippen molar-refractivity contribution in [3.05, 3.63) is 29.8 Å². The summed E-state index contributed by atoms with van der Waals surface area (Å²) in [5, 5.41) is 15.0. The maximum absolute atomic E-state index is 11.9. The number of benzene rings is 1. The molecule has 6 nitrogen and oxygen atoms in total. The molecule has 0 saturated carbocycles. The lowest BCUT2D eigenvalue weighted by Crippen LogP contribution is -2.14. The van der Waals surface area contributed by atoms with Gasteiger partial charge in [0.1, 0.15) is 0 Å². The number of amides is 1. The Morgan fingerprint density at radius 2 is 2.05 bits per heavy atom. The van der Waals surface area contributed by atoms with Crippen LogP contribution in [0.3, 0.4) is 0 Å². The Balaban J connectivity index is 1.85. The average Bonchev–Trinajstić information content (AvgIpc) is 2.94. The molecule has 112 valence electrons. The van der Waals surface area contributed by atoms with Crippen LogP contribution >= 0.6 is 11.8 Å². The van der Waals surface area contributed by atoms with Gasteiger partial charge in [0.05, 0.1) is 5.75 Å². The van der Waals surface area contributed by atoms with E-state index >= 15 is 0 Å². The molecule has 0 aliphatic heterocycles. The lowest BCUT2D eigenvalue weighted by atomic mass is 10.1. The van der Waals surface area contributed by atoms with Crippen LogP contribution in [0.15, 0.2) is 29.4 Å². The van der Waals surface area contributed by atoms with E-state index in [1.165, 1.54) is 17.3 Å². The Hall–Kier alpha value is -1.89. The van der Waals surface area contributed by atoms with E-state index in [0.29, 0.717) is 10.9 Å². The number of tetrazole rings is 1. The second kappa shape index (κ2) is 7.78. The number of nitrogens with zero attached hydrogens (tertiary/aromatic N) is 4. The van der Waals surface area contributed by atoms with E-state index in [9.17, 15) is 4.79 Å². The molecule has 1 heterocycles. The number of aryl methyl sites for hydroxylation is 2. The predicted octanol–water partition coefficient (Wildman–Crippen LogP) is 2.38. The zero-order valence-corrected chi connectivity index (χ0v) is 13.1. The van der Waals surface area contributed by atoms with Crippen LogP contribution in [0.25, 0.3) is 0 Å². The zero-order valence-electron chi connectivity index (χ0n) is 12.2. The quantitative estimate of drug-likeness (QED) is 0.795. The fraction of sp³-hybridized carbons (Fsp3) is 0.429. The van der Waals surface area contributed by atoms with Crippen LogP contribution in [0.1, 0.15) is 25.8 Å². The number of anilines is 1. The van der Waals surface area contributed by atoms with Gasteiger partial charge >= 0.3 is 0 Å². The van der Waals surface area contributed by atoms with Crippen molar-refractivity contribution in [1.29, 1.82) is 0 Å². The summed E-state index contributed by atoms with van der Waals surface area (Å²) in [6, 6.07) is 7.88. The summed E-state index contributed by atoms with van der Waals surface area (Å²) < 4.78 is 1.72. The molecular weight excluding hydrogens is 286 g/mol. The van der Waals surface area contributed by atoms with Crippen molar-refractivity contribution >= 4 is 23.4 Å². The summed E-state index contributed by atoms with van der Waals surface area (Å²) >= 11 is 1.34. The van der Waals surface area contributed by atoms with Crippen LogP contribution in [-0.4, -0.2) is 31.9 Å². The maximum Gasteiger partial charge on any atom is 0.234 e. The second-order valence-electron chi connectivity index (χ2n) is 4.57. The summed E-state index contributed by atoms with van der Waals surface area (Å²) in [6.45, 7) is 4.92. The third kappa shape index (κ3) is 4.56. The molecule has 7 heteroatoms. The van der Waals surface area contributed by atoms with E-state index in [0.717, 1.165) is 25.1 Å². The third-order valence-corrected chi connectivity index (χ3v) is 3.87. The van der Waals surface area contributed by atoms with E-state index in [1.807, 2.05) is 24.3 Å². The summed E-state index contributed by atoms with van der Waals surface area (Å²) in [6.07, 6.45) is 1.94. The van der Waals surface area contributed by atoms with Gasteiger partial charge in [0.25, 0.3) is 0 Å². The van der Waals surface area contributed by atoms with Gasteiger partial charge in [-0.3, -0.25) is 4.79 Å². The molecule has 1 N–H and O–H groups in total. The Labute approximate surface area is 128 Å². The number of carbonyl (C=O) groups excluding carboxylic acids is 1. The molecule has 0 aliphatic rings. The second-order valence-corrected chi connectivity index (χ2v) is 5.51. The summed E-state index contributed by atoms with van der Waals surface area (Å²) in [5.41, 5.74) is 2.06. The molecule has 1 aromatic heterocycles. The molecule has 1 aromatic carbocycles. The van der Waals surface area contributed by atoms with Crippen LogP contribution in [0.5, 0.6) is 0 Å². The molecule has 0 spiro atoms. The third-order valence-electron chi connectivity index (χ3n) is 2.91. The van der Waals surface area contributed by atoms with E-state index in [4.69, 9.17) is 0 Å². The SMILES string of the molecule is CCCn1nnnc1SCC(=O)Nc1ccc(CC)cc1. The Morgan fingerprint density at radius 1 is 1.29 bits per heavy atom. The Morgan fingerprint density at radius 3 is 2.71 bits per heavy atom. The highest BCUT2D eigenvalue weighted by atomic mass is 32.2. The first kappa shape index (κ1) is 15.5. The van der Waals surface area contributed by atoms with Crippen molar-refractivity contribution in [3.8, 4) is 0 Å². The minimum absolute atomic E-state index is 0.0599. The predicted molar refractivity (Wildman–Crippen MR) is 83.3 cm³/mol. The first-order chi connectivity index (χ1) is 10.2. The van der Waals surface area contributed by atoms with Gasteiger partial charge in [0.15, 0.2) is 0 Å². The Kier molecular flexibility index (Phi) is 5.74. The smallest absolute Gasteiger partial charge is 0.234 e. The largest absolute Gasteiger partial charge is 0.325 e. The van der Waals surface area contributed by atoms with Gasteiger partial charge in [0.2, 0.25) is 11.1 Å². The van der Waals surface area contributed by atoms with Crippen LogP contribution in [0.4, 0.5) is 5.69 Å². The van der Waals surface area contributed by atoms with Gasteiger partial charge in [0, 0.05) is 12.2 Å². The van der Waals surface area contributed by atoms with Gasteiger partial charge in [-0.05, 0) is 41.0 Å². The van der Waals surface area contributed by atoms with Gasteiger partial charge < -0.3 is 5.32 Å². The van der Waals surface area contributed by atoms with Gasteiger partial charge in [-0.1, -0.05) is 37.7 Å². The van der Waals surface area contributed by atoms with E-state index in [1.54, 1.807) is 4.68 Å². The molecular formula is C14H19N5OS. The molecule has 2 rings (SSSR count). The fourth-order valence-electron chi connectivity index (χ4n) is 1.80. The van der Waals surface area contributed by atoms with Crippen molar-refractivity contribution < 1.29 is 4.79 Å². The monoisotopic (exact) mass is 305 g/mol. The number of aromatic nitrogens is 4. The van der Waals surface area contributed by atoms with Gasteiger partial charge in [-0.25, -0.2) is 4.68 Å². The molecule has 21 heavy (non-hydrogen) atoms. The van der Waals surface area contributed by atoms with Crippen molar-refractivity contribution in [2.75, 3.05) is 11.1 Å². The molecule has 0 fully saturated rings. The molecule has 1 amide bonds. The molecule has 0 aliphatic carbocycles. The molecule has 0 unspecified atom stereocenters. The topological polar surface area (TPSA) is 72.7 Å². The lowest BCUT2D eigenvalue weighted by Gasteiger charge is -2.06. The van der Waals surface area contributed by atoms with Crippen LogP contribution < -0.4 is 5.32 Å². The minimum Gasteiger partial charge on any atom is -0.325 e. The van der Waals surface area contributed by atoms with Gasteiger partial charge in [-0.15, -0.1) is 5.10 Å². The maximum atomic E-state index is 11.9. The van der Waals surface area contributed by atoms with E-state index in [-0.39, 0.29) is 5.91 Å². The number of nitrogens with one attached hydrogen (secondary N) is 1. The highest BCUT2D eigenvalue weighted by Gasteiger charge is 2.09. The Bertz CT molecular complexity index is 581. The molecule has 0 atom stereocenters. The zero-order chi connectivity index (χ0) is 15.1. The van der Waals surface area contributed by atoms with Crippen LogP contribution in [0, 0.1) is 0 Å². The highest BCUT2D eigenvalue weighted by Crippen LogP contribution is 2.15. The van der Waals surface area contributed by atoms with Crippen molar-refractivity contribution in [3.63, 3.8) is 0 Å². The molecule has 2 aromatic rings. The number of hydrogen-bond acceptors (Lipinski definition) is 5. The standard InChI is InChI=1S/C14H19N5OS/c1-3-9-19-14(16-17-18-19)21-10-13(20)15-12-7-5-11(4-2)6-8-12/h5-8H,3-4,9-10H2,1-2H3,(H,15,20). The molecule has 0 radical (unpaired) electrons. The summed E-state index contributed by atoms with van der Waals surface area (Å²) in [5.74, 6) is 0.231. The molecule has 0 saturated heterocycles. The first-order valence-corrected chi connectivity index (χ1v) is 7.99. The van der Waals surface area contributed by atoms with Crippen LogP contribution in [0.2, 0.25) is 0 Å². The highest BCUT2D eigenvalue weighted by molar-refractivity contribution is 7.99. The van der Waals surface area contributed by atoms with E-state index in [2.05, 4.69) is 34.7 Å². The number of carbonyl (C=O) groups is 1. The number of thioether (sulfide) groups is 1. The van der Waals surface area contributed by atoms with Crippen molar-refractivity contribution in [2.45, 2.75) is 38.4 Å². The fourth-order valence-corrected chi connectivity index (χ4v) is 2.51. The average molecular weight is 305 g/mol. The minimum atomic E-state index is -0.0599. The van der Waals surface area contributed by atoms with Crippen molar-refractivity contribution in [2.24, 2.45) is 0 Å². The van der Waals surface area contributed by atoms with Crippen molar-refractivity contribution in [1.82, 2.24) is 20.2 Å². The molecule has 0 bridgehead atoms. The van der Waals surface area contributed by atoms with Crippen LogP contribution in [-0.2, 0) is 17.8 Å². The number of hydrogen-bond donors (Lipinski definition) is 1. The summed E-state index contributed by atoms with van der Waals surface area (Å²) in [7, 11) is 0.